The number of benzene rings is 4. The summed E-state index contributed by atoms with van der Waals surface area (Å²) in [7, 11) is 0. The molecule has 2 amide bonds. The largest absolute Gasteiger partial charge is 0.483 e. The quantitative estimate of drug-likeness (QED) is 0.193. The molecule has 220 valence electrons. The molecular formula is C34H36Br2N2O4. The van der Waals surface area contributed by atoms with Crippen LogP contribution in [0.4, 0.5) is 11.4 Å². The summed E-state index contributed by atoms with van der Waals surface area (Å²) in [5.41, 5.74) is 3.59. The lowest BCUT2D eigenvalue weighted by Crippen LogP contribution is -2.21. The van der Waals surface area contributed by atoms with E-state index < -0.39 is 0 Å². The number of rotatable bonds is 8. The summed E-state index contributed by atoms with van der Waals surface area (Å²) in [6.45, 7) is 12.6. The van der Waals surface area contributed by atoms with Crippen molar-refractivity contribution in [2.75, 3.05) is 23.8 Å². The molecule has 8 heteroatoms. The highest BCUT2D eigenvalue weighted by molar-refractivity contribution is 9.10. The highest BCUT2D eigenvalue weighted by Gasteiger charge is 2.18. The minimum absolute atomic E-state index is 0.00760. The van der Waals surface area contributed by atoms with Crippen molar-refractivity contribution in [3.8, 4) is 11.5 Å². The summed E-state index contributed by atoms with van der Waals surface area (Å²) in [5, 5.41) is 7.46. The molecule has 0 aliphatic carbocycles. The lowest BCUT2D eigenvalue weighted by Gasteiger charge is -2.20. The van der Waals surface area contributed by atoms with Crippen molar-refractivity contribution in [2.24, 2.45) is 0 Å². The molecule has 4 aromatic carbocycles. The Hall–Kier alpha value is -3.36. The second-order valence-corrected chi connectivity index (χ2v) is 13.9. The fourth-order valence-corrected chi connectivity index (χ4v) is 5.34. The number of hydrogen-bond donors (Lipinski definition) is 2. The smallest absolute Gasteiger partial charge is 0.262 e. The molecule has 42 heavy (non-hydrogen) atoms. The van der Waals surface area contributed by atoms with Crippen LogP contribution in [0.1, 0.15) is 52.7 Å². The molecule has 4 rings (SSSR count). The van der Waals surface area contributed by atoms with Crippen LogP contribution in [-0.4, -0.2) is 25.0 Å². The second kappa shape index (κ2) is 12.9. The molecule has 0 unspecified atom stereocenters. The zero-order valence-electron chi connectivity index (χ0n) is 24.7. The molecule has 0 heterocycles. The highest BCUT2D eigenvalue weighted by Crippen LogP contribution is 2.33. The van der Waals surface area contributed by atoms with E-state index in [-0.39, 0.29) is 35.9 Å². The molecule has 6 nitrogen and oxygen atoms in total. The van der Waals surface area contributed by atoms with Crippen molar-refractivity contribution in [1.82, 2.24) is 0 Å². The van der Waals surface area contributed by atoms with Crippen LogP contribution in [0.2, 0.25) is 0 Å². The summed E-state index contributed by atoms with van der Waals surface area (Å²) >= 11 is 7.10. The summed E-state index contributed by atoms with van der Waals surface area (Å²) in [4.78, 5) is 25.6. The molecule has 0 atom stereocenters. The number of anilines is 2. The fourth-order valence-electron chi connectivity index (χ4n) is 4.36. The van der Waals surface area contributed by atoms with Crippen molar-refractivity contribution < 1.29 is 19.1 Å². The average molecular weight is 696 g/mol. The van der Waals surface area contributed by atoms with Crippen molar-refractivity contribution in [3.05, 3.63) is 92.9 Å². The van der Waals surface area contributed by atoms with Crippen LogP contribution in [0.5, 0.6) is 11.5 Å². The van der Waals surface area contributed by atoms with E-state index in [1.165, 1.54) is 11.1 Å². The second-order valence-electron chi connectivity index (χ2n) is 12.2. The van der Waals surface area contributed by atoms with Crippen LogP contribution in [0, 0.1) is 0 Å². The molecule has 0 bridgehead atoms. The first-order valence-electron chi connectivity index (χ1n) is 13.7. The SMILES string of the molecule is CC(C)(C)c1ccc(OCC(=O)Nc2cccc3c(NC(=O)COc4ccc(C(C)(C)C)cc4Br)cccc23)c(Br)c1. The average Bonchev–Trinajstić information content (AvgIpc) is 2.91. The van der Waals surface area contributed by atoms with E-state index in [1.54, 1.807) is 0 Å². The van der Waals surface area contributed by atoms with Crippen LogP contribution < -0.4 is 20.1 Å². The predicted molar refractivity (Wildman–Crippen MR) is 178 cm³/mol. The Labute approximate surface area is 264 Å². The Morgan fingerprint density at radius 2 is 1.00 bits per heavy atom. The van der Waals surface area contributed by atoms with E-state index in [4.69, 9.17) is 9.47 Å². The Kier molecular flexibility index (Phi) is 9.68. The van der Waals surface area contributed by atoms with Gasteiger partial charge in [-0.05, 0) is 90.2 Å². The third-order valence-electron chi connectivity index (χ3n) is 6.78. The van der Waals surface area contributed by atoms with Gasteiger partial charge in [-0.1, -0.05) is 77.9 Å². The summed E-state index contributed by atoms with van der Waals surface area (Å²) in [6, 6.07) is 22.9. The number of fused-ring (bicyclic) bond motifs is 1. The first-order chi connectivity index (χ1) is 19.7. The number of hydrogen-bond acceptors (Lipinski definition) is 4. The number of carbonyl (C=O) groups is 2. The molecule has 0 spiro atoms. The van der Waals surface area contributed by atoms with Crippen molar-refractivity contribution in [3.63, 3.8) is 0 Å². The van der Waals surface area contributed by atoms with Gasteiger partial charge in [-0.25, -0.2) is 0 Å². The zero-order valence-corrected chi connectivity index (χ0v) is 27.9. The normalized spacial score (nSPS) is 11.7. The monoisotopic (exact) mass is 694 g/mol. The maximum atomic E-state index is 12.8. The van der Waals surface area contributed by atoms with Gasteiger partial charge >= 0.3 is 0 Å². The molecule has 0 aliphatic heterocycles. The van der Waals surface area contributed by atoms with E-state index in [0.29, 0.717) is 22.9 Å². The van der Waals surface area contributed by atoms with Crippen molar-refractivity contribution in [1.29, 1.82) is 0 Å². The van der Waals surface area contributed by atoms with Gasteiger partial charge in [0.25, 0.3) is 11.8 Å². The topological polar surface area (TPSA) is 76.7 Å². The van der Waals surface area contributed by atoms with Gasteiger partial charge in [0.15, 0.2) is 13.2 Å². The predicted octanol–water partition coefficient (Wildman–Crippen LogP) is 8.99. The van der Waals surface area contributed by atoms with E-state index in [9.17, 15) is 9.59 Å². The lowest BCUT2D eigenvalue weighted by molar-refractivity contribution is -0.118. The minimum atomic E-state index is -0.291. The third-order valence-corrected chi connectivity index (χ3v) is 8.02. The first kappa shape index (κ1) is 31.6. The molecular weight excluding hydrogens is 660 g/mol. The van der Waals surface area contributed by atoms with Gasteiger partial charge in [-0.15, -0.1) is 0 Å². The Bertz CT molecular complexity index is 1500. The van der Waals surface area contributed by atoms with Gasteiger partial charge in [-0.3, -0.25) is 9.59 Å². The van der Waals surface area contributed by atoms with Gasteiger partial charge in [0.2, 0.25) is 0 Å². The van der Waals surface area contributed by atoms with Gasteiger partial charge in [-0.2, -0.15) is 0 Å². The fraction of sp³-hybridized carbons (Fsp3) is 0.294. The number of nitrogens with one attached hydrogen (secondary N) is 2. The molecule has 4 aromatic rings. The van der Waals surface area contributed by atoms with Crippen LogP contribution in [-0.2, 0) is 20.4 Å². The minimum Gasteiger partial charge on any atom is -0.483 e. The molecule has 0 fully saturated rings. The third kappa shape index (κ3) is 7.92. The van der Waals surface area contributed by atoms with Crippen LogP contribution >= 0.6 is 31.9 Å². The maximum absolute atomic E-state index is 12.8. The van der Waals surface area contributed by atoms with Crippen LogP contribution in [0.15, 0.2) is 81.7 Å². The Morgan fingerprint density at radius 3 is 1.33 bits per heavy atom. The van der Waals surface area contributed by atoms with Gasteiger partial charge in [0.1, 0.15) is 11.5 Å². The number of ether oxygens (including phenoxy) is 2. The van der Waals surface area contributed by atoms with E-state index in [2.05, 4.69) is 84.0 Å². The highest BCUT2D eigenvalue weighted by atomic mass is 79.9. The molecule has 0 saturated heterocycles. The summed E-state index contributed by atoms with van der Waals surface area (Å²) < 4.78 is 13.2. The summed E-state index contributed by atoms with van der Waals surface area (Å²) in [5.74, 6) is 0.612. The van der Waals surface area contributed by atoms with Crippen LogP contribution in [0.25, 0.3) is 10.8 Å². The standard InChI is InChI=1S/C34H36Br2N2O4/c1-33(2,3)21-13-15-29(25(35)17-21)41-19-31(39)37-27-11-7-10-24-23(27)9-8-12-28(24)38-32(40)20-42-30-16-14-22(18-26(30)36)34(4,5)6/h7-18H,19-20H2,1-6H3,(H,37,39)(H,38,40). The van der Waals surface area contributed by atoms with Crippen molar-refractivity contribution >= 4 is 65.8 Å². The molecule has 2 N–H and O–H groups in total. The zero-order chi connectivity index (χ0) is 30.7. The molecule has 0 saturated carbocycles. The van der Waals surface area contributed by atoms with E-state index >= 15 is 0 Å². The van der Waals surface area contributed by atoms with Gasteiger partial charge < -0.3 is 20.1 Å². The molecule has 0 aromatic heterocycles. The maximum Gasteiger partial charge on any atom is 0.262 e. The summed E-state index contributed by atoms with van der Waals surface area (Å²) in [6.07, 6.45) is 0. The van der Waals surface area contributed by atoms with Gasteiger partial charge in [0, 0.05) is 22.1 Å². The van der Waals surface area contributed by atoms with Crippen LogP contribution in [0.3, 0.4) is 0 Å². The van der Waals surface area contributed by atoms with E-state index in [0.717, 1.165) is 19.7 Å². The molecule has 0 aliphatic rings. The Morgan fingerprint density at radius 1 is 0.619 bits per heavy atom. The van der Waals surface area contributed by atoms with Crippen molar-refractivity contribution in [2.45, 2.75) is 52.4 Å². The molecule has 0 radical (unpaired) electrons. The van der Waals surface area contributed by atoms with E-state index in [1.807, 2.05) is 72.8 Å². The number of carbonyl (C=O) groups excluding carboxylic acids is 2. The Balaban J connectivity index is 1.40. The lowest BCUT2D eigenvalue weighted by atomic mass is 9.87. The van der Waals surface area contributed by atoms with Gasteiger partial charge in [0.05, 0.1) is 8.95 Å². The first-order valence-corrected chi connectivity index (χ1v) is 15.3. The number of amides is 2. The number of halogens is 2.